The SMILES string of the molecule is Cc1cc(/C=C2\C(=N)N3N=C(c4cccnc4)SC3=NC2=O)c(C)n1-c1ccc(C(C)C)cc1. The van der Waals surface area contributed by atoms with E-state index >= 15 is 0 Å². The van der Waals surface area contributed by atoms with Gasteiger partial charge in [-0.15, -0.1) is 0 Å². The number of amidine groups is 2. The third-order valence-corrected chi connectivity index (χ3v) is 6.91. The number of aliphatic imine (C=N–C) groups is 1. The molecule has 0 saturated heterocycles. The van der Waals surface area contributed by atoms with Crippen molar-refractivity contribution in [1.82, 2.24) is 14.6 Å². The number of amides is 1. The van der Waals surface area contributed by atoms with Crippen LogP contribution in [0.25, 0.3) is 11.8 Å². The molecule has 2 aliphatic rings. The fraction of sp³-hybridized carbons (Fsp3) is 0.192. The number of nitrogens with zero attached hydrogens (tertiary/aromatic N) is 5. The topological polar surface area (TPSA) is 86.7 Å². The van der Waals surface area contributed by atoms with Crippen molar-refractivity contribution in [2.24, 2.45) is 10.1 Å². The second-order valence-electron chi connectivity index (χ2n) is 8.57. The number of aromatic nitrogens is 2. The minimum atomic E-state index is -0.433. The first-order valence-corrected chi connectivity index (χ1v) is 11.8. The van der Waals surface area contributed by atoms with Gasteiger partial charge in [-0.2, -0.15) is 15.1 Å². The smallest absolute Gasteiger partial charge is 0.283 e. The summed E-state index contributed by atoms with van der Waals surface area (Å²) in [6.07, 6.45) is 5.14. The van der Waals surface area contributed by atoms with E-state index in [0.29, 0.717) is 16.1 Å². The number of rotatable bonds is 4. The molecule has 8 heteroatoms. The van der Waals surface area contributed by atoms with Crippen LogP contribution in [0.3, 0.4) is 0 Å². The number of carbonyl (C=O) groups excluding carboxylic acids is 1. The summed E-state index contributed by atoms with van der Waals surface area (Å²) < 4.78 is 2.16. The van der Waals surface area contributed by atoms with E-state index in [1.165, 1.54) is 22.3 Å². The fourth-order valence-electron chi connectivity index (χ4n) is 4.09. The first kappa shape index (κ1) is 22.0. The summed E-state index contributed by atoms with van der Waals surface area (Å²) in [6.45, 7) is 8.42. The molecule has 5 rings (SSSR count). The van der Waals surface area contributed by atoms with Gasteiger partial charge in [0.05, 0.1) is 5.57 Å². The van der Waals surface area contributed by atoms with E-state index in [0.717, 1.165) is 28.2 Å². The average molecular weight is 469 g/mol. The molecule has 0 spiro atoms. The second kappa shape index (κ2) is 8.53. The molecule has 4 heterocycles. The lowest BCUT2D eigenvalue weighted by Gasteiger charge is -2.20. The predicted octanol–water partition coefficient (Wildman–Crippen LogP) is 5.28. The molecule has 1 N–H and O–H groups in total. The van der Waals surface area contributed by atoms with Gasteiger partial charge in [0, 0.05) is 35.0 Å². The van der Waals surface area contributed by atoms with Crippen LogP contribution < -0.4 is 0 Å². The molecule has 34 heavy (non-hydrogen) atoms. The molecule has 0 aliphatic carbocycles. The summed E-state index contributed by atoms with van der Waals surface area (Å²) in [5.41, 5.74) is 6.32. The molecule has 0 saturated carbocycles. The molecule has 3 aromatic rings. The lowest BCUT2D eigenvalue weighted by molar-refractivity contribution is -0.114. The highest BCUT2D eigenvalue weighted by molar-refractivity contribution is 8.27. The van der Waals surface area contributed by atoms with Gasteiger partial charge in [0.25, 0.3) is 5.91 Å². The van der Waals surface area contributed by atoms with Crippen LogP contribution in [0.15, 0.2) is 70.5 Å². The minimum absolute atomic E-state index is 0.0208. The largest absolute Gasteiger partial charge is 0.318 e. The molecule has 170 valence electrons. The Morgan fingerprint density at radius 1 is 1.12 bits per heavy atom. The summed E-state index contributed by atoms with van der Waals surface area (Å²) in [7, 11) is 0. The Hall–Kier alpha value is -3.78. The minimum Gasteiger partial charge on any atom is -0.318 e. The van der Waals surface area contributed by atoms with Crippen molar-refractivity contribution in [3.63, 3.8) is 0 Å². The number of carbonyl (C=O) groups is 1. The van der Waals surface area contributed by atoms with Crippen molar-refractivity contribution >= 4 is 39.8 Å². The van der Waals surface area contributed by atoms with Crippen LogP contribution >= 0.6 is 11.8 Å². The van der Waals surface area contributed by atoms with Crippen molar-refractivity contribution < 1.29 is 4.79 Å². The highest BCUT2D eigenvalue weighted by Crippen LogP contribution is 2.31. The molecule has 0 radical (unpaired) electrons. The first-order valence-electron chi connectivity index (χ1n) is 11.0. The number of thioether (sulfide) groups is 1. The van der Waals surface area contributed by atoms with Crippen molar-refractivity contribution in [2.45, 2.75) is 33.6 Å². The van der Waals surface area contributed by atoms with E-state index in [1.54, 1.807) is 18.5 Å². The van der Waals surface area contributed by atoms with Gasteiger partial charge in [0.15, 0.2) is 5.84 Å². The van der Waals surface area contributed by atoms with Crippen LogP contribution in [0.4, 0.5) is 0 Å². The molecule has 0 bridgehead atoms. The van der Waals surface area contributed by atoms with Gasteiger partial charge in [-0.25, -0.2) is 0 Å². The monoisotopic (exact) mass is 468 g/mol. The van der Waals surface area contributed by atoms with Crippen LogP contribution in [0, 0.1) is 19.3 Å². The number of hydrogen-bond donors (Lipinski definition) is 1. The zero-order valence-electron chi connectivity index (χ0n) is 19.4. The maximum atomic E-state index is 12.9. The molecule has 2 aliphatic heterocycles. The van der Waals surface area contributed by atoms with E-state index in [4.69, 9.17) is 5.41 Å². The number of hydrogen-bond acceptors (Lipinski definition) is 5. The summed E-state index contributed by atoms with van der Waals surface area (Å²) in [4.78, 5) is 21.2. The van der Waals surface area contributed by atoms with Gasteiger partial charge < -0.3 is 4.57 Å². The Bertz CT molecular complexity index is 1400. The lowest BCUT2D eigenvalue weighted by atomic mass is 10.0. The Labute approximate surface area is 202 Å². The molecule has 7 nitrogen and oxygen atoms in total. The highest BCUT2D eigenvalue weighted by Gasteiger charge is 2.36. The quantitative estimate of drug-likeness (QED) is 0.528. The molecular formula is C26H24N6OS. The maximum Gasteiger partial charge on any atom is 0.283 e. The number of nitrogens with one attached hydrogen (secondary N) is 1. The first-order chi connectivity index (χ1) is 16.3. The molecule has 0 atom stereocenters. The summed E-state index contributed by atoms with van der Waals surface area (Å²) in [6, 6.07) is 14.3. The Balaban J connectivity index is 1.49. The number of pyridine rings is 1. The maximum absolute atomic E-state index is 12.9. The van der Waals surface area contributed by atoms with Crippen LogP contribution in [0.2, 0.25) is 0 Å². The van der Waals surface area contributed by atoms with E-state index in [9.17, 15) is 4.79 Å². The van der Waals surface area contributed by atoms with Gasteiger partial charge in [-0.1, -0.05) is 26.0 Å². The molecule has 2 aromatic heterocycles. The van der Waals surface area contributed by atoms with Crippen molar-refractivity contribution in [1.29, 1.82) is 5.41 Å². The third kappa shape index (κ3) is 3.80. The van der Waals surface area contributed by atoms with E-state index < -0.39 is 5.91 Å². The standard InChI is InChI=1S/C26H24N6OS/c1-15(2)18-7-9-21(10-8-18)31-16(3)12-20(17(31)4)13-22-23(27)32-26(29-24(22)33)34-25(30-32)19-6-5-11-28-14-19/h5-15,27H,1-4H3/b22-13+,27-23?. The molecule has 1 aromatic carbocycles. The second-order valence-corrected chi connectivity index (χ2v) is 9.53. The normalized spacial score (nSPS) is 16.9. The zero-order chi connectivity index (χ0) is 24.0. The molecule has 0 unspecified atom stereocenters. The van der Waals surface area contributed by atoms with Gasteiger partial charge in [-0.3, -0.25) is 15.2 Å². The van der Waals surface area contributed by atoms with Crippen LogP contribution in [-0.4, -0.2) is 36.5 Å². The summed E-state index contributed by atoms with van der Waals surface area (Å²) in [5.74, 6) is 0.0602. The van der Waals surface area contributed by atoms with Crippen molar-refractivity contribution in [3.8, 4) is 5.69 Å². The highest BCUT2D eigenvalue weighted by atomic mass is 32.2. The zero-order valence-corrected chi connectivity index (χ0v) is 20.2. The van der Waals surface area contributed by atoms with Crippen LogP contribution in [0.5, 0.6) is 0 Å². The number of hydrazone groups is 1. The van der Waals surface area contributed by atoms with Gasteiger partial charge in [0.2, 0.25) is 5.17 Å². The van der Waals surface area contributed by atoms with Gasteiger partial charge >= 0.3 is 0 Å². The Kier molecular flexibility index (Phi) is 5.53. The van der Waals surface area contributed by atoms with Gasteiger partial charge in [0.1, 0.15) is 5.04 Å². The average Bonchev–Trinajstić information content (AvgIpc) is 3.37. The molecule has 0 fully saturated rings. The third-order valence-electron chi connectivity index (χ3n) is 5.95. The predicted molar refractivity (Wildman–Crippen MR) is 138 cm³/mol. The Morgan fingerprint density at radius 2 is 1.88 bits per heavy atom. The number of aryl methyl sites for hydroxylation is 1. The number of benzene rings is 1. The van der Waals surface area contributed by atoms with E-state index in [1.807, 2.05) is 32.0 Å². The van der Waals surface area contributed by atoms with E-state index in [2.05, 4.69) is 57.8 Å². The van der Waals surface area contributed by atoms with Gasteiger partial charge in [-0.05, 0) is 79.1 Å². The lowest BCUT2D eigenvalue weighted by Crippen LogP contribution is -2.35. The summed E-state index contributed by atoms with van der Waals surface area (Å²) in [5, 5.41) is 15.7. The summed E-state index contributed by atoms with van der Waals surface area (Å²) >= 11 is 1.27. The van der Waals surface area contributed by atoms with Crippen molar-refractivity contribution in [3.05, 3.63) is 88.5 Å². The van der Waals surface area contributed by atoms with Crippen molar-refractivity contribution in [2.75, 3.05) is 0 Å². The van der Waals surface area contributed by atoms with Crippen LogP contribution in [0.1, 0.15) is 47.8 Å². The Morgan fingerprint density at radius 3 is 2.56 bits per heavy atom. The fourth-order valence-corrected chi connectivity index (χ4v) is 4.97. The number of fused-ring (bicyclic) bond motifs is 1. The molecule has 1 amide bonds. The van der Waals surface area contributed by atoms with Crippen LogP contribution in [-0.2, 0) is 4.79 Å². The van der Waals surface area contributed by atoms with E-state index in [-0.39, 0.29) is 11.4 Å². The molecular weight excluding hydrogens is 444 g/mol.